The van der Waals surface area contributed by atoms with E-state index >= 15 is 0 Å². The second-order valence-corrected chi connectivity index (χ2v) is 5.81. The lowest BCUT2D eigenvalue weighted by atomic mass is 9.83. The van der Waals surface area contributed by atoms with Gasteiger partial charge in [-0.1, -0.05) is 32.1 Å². The average molecular weight is 238 g/mol. The highest BCUT2D eigenvalue weighted by atomic mass is 16.2. The van der Waals surface area contributed by atoms with Crippen LogP contribution in [-0.2, 0) is 4.79 Å². The summed E-state index contributed by atoms with van der Waals surface area (Å²) in [7, 11) is 1.95. The van der Waals surface area contributed by atoms with Gasteiger partial charge < -0.3 is 10.6 Å². The van der Waals surface area contributed by atoms with Crippen molar-refractivity contribution in [2.75, 3.05) is 7.05 Å². The van der Waals surface area contributed by atoms with Crippen molar-refractivity contribution in [3.05, 3.63) is 0 Å². The summed E-state index contributed by atoms with van der Waals surface area (Å²) in [5.41, 5.74) is 6.17. The van der Waals surface area contributed by atoms with E-state index in [1.54, 1.807) is 0 Å². The van der Waals surface area contributed by atoms with Gasteiger partial charge in [0.25, 0.3) is 0 Å². The number of likely N-dealkylation sites (N-methyl/N-ethyl adjacent to an activating group) is 1. The summed E-state index contributed by atoms with van der Waals surface area (Å²) in [5, 5.41) is 0. The molecule has 0 spiro atoms. The van der Waals surface area contributed by atoms with Gasteiger partial charge in [0.1, 0.15) is 0 Å². The van der Waals surface area contributed by atoms with Crippen molar-refractivity contribution in [1.82, 2.24) is 4.90 Å². The molecule has 2 fully saturated rings. The van der Waals surface area contributed by atoms with Crippen LogP contribution in [0.3, 0.4) is 0 Å². The Kier molecular flexibility index (Phi) is 4.43. The third-order valence-electron chi connectivity index (χ3n) is 4.66. The molecule has 0 radical (unpaired) electrons. The molecule has 3 heteroatoms. The number of nitrogens with zero attached hydrogens (tertiary/aromatic N) is 1. The lowest BCUT2D eigenvalue weighted by Crippen LogP contribution is -2.49. The van der Waals surface area contributed by atoms with E-state index in [4.69, 9.17) is 5.73 Å². The van der Waals surface area contributed by atoms with Gasteiger partial charge in [-0.05, 0) is 31.6 Å². The van der Waals surface area contributed by atoms with Crippen molar-refractivity contribution in [2.45, 2.75) is 69.9 Å². The van der Waals surface area contributed by atoms with Gasteiger partial charge >= 0.3 is 0 Å². The highest BCUT2D eigenvalue weighted by Crippen LogP contribution is 2.28. The Balaban J connectivity index is 1.88. The molecule has 2 N–H and O–H groups in total. The van der Waals surface area contributed by atoms with E-state index < -0.39 is 0 Å². The minimum Gasteiger partial charge on any atom is -0.341 e. The zero-order chi connectivity index (χ0) is 12.3. The highest BCUT2D eigenvalue weighted by Gasteiger charge is 2.31. The van der Waals surface area contributed by atoms with Gasteiger partial charge in [0.05, 0.1) is 6.04 Å². The molecule has 2 aliphatic rings. The van der Waals surface area contributed by atoms with Crippen LogP contribution in [0.4, 0.5) is 0 Å². The van der Waals surface area contributed by atoms with Crippen molar-refractivity contribution in [3.8, 4) is 0 Å². The summed E-state index contributed by atoms with van der Waals surface area (Å²) >= 11 is 0. The predicted molar refractivity (Wildman–Crippen MR) is 69.6 cm³/mol. The molecular weight excluding hydrogens is 212 g/mol. The number of rotatable bonds is 3. The maximum atomic E-state index is 12.3. The fourth-order valence-corrected chi connectivity index (χ4v) is 3.40. The molecule has 0 unspecified atom stereocenters. The fourth-order valence-electron chi connectivity index (χ4n) is 3.40. The molecular formula is C14H26N2O. The van der Waals surface area contributed by atoms with Gasteiger partial charge in [0.15, 0.2) is 0 Å². The number of amides is 1. The number of hydrogen-bond donors (Lipinski definition) is 1. The van der Waals surface area contributed by atoms with E-state index in [0.29, 0.717) is 12.0 Å². The number of carbonyl (C=O) groups is 1. The van der Waals surface area contributed by atoms with E-state index in [9.17, 15) is 4.79 Å². The Bertz CT molecular complexity index is 255. The van der Waals surface area contributed by atoms with Crippen LogP contribution in [0.15, 0.2) is 0 Å². The summed E-state index contributed by atoms with van der Waals surface area (Å²) in [6.45, 7) is 0. The van der Waals surface area contributed by atoms with E-state index in [1.165, 1.54) is 44.9 Å². The molecule has 1 amide bonds. The van der Waals surface area contributed by atoms with Crippen LogP contribution < -0.4 is 5.73 Å². The molecule has 98 valence electrons. The highest BCUT2D eigenvalue weighted by molar-refractivity contribution is 5.82. The maximum Gasteiger partial charge on any atom is 0.239 e. The lowest BCUT2D eigenvalue weighted by molar-refractivity contribution is -0.134. The van der Waals surface area contributed by atoms with Crippen LogP contribution >= 0.6 is 0 Å². The molecule has 17 heavy (non-hydrogen) atoms. The van der Waals surface area contributed by atoms with E-state index in [0.717, 1.165) is 12.8 Å². The zero-order valence-corrected chi connectivity index (χ0v) is 11.0. The predicted octanol–water partition coefficient (Wildman–Crippen LogP) is 2.29. The second-order valence-electron chi connectivity index (χ2n) is 5.81. The molecule has 3 nitrogen and oxygen atoms in total. The van der Waals surface area contributed by atoms with Gasteiger partial charge in [-0.25, -0.2) is 0 Å². The normalized spacial score (nSPS) is 24.8. The molecule has 0 aliphatic heterocycles. The van der Waals surface area contributed by atoms with Crippen LogP contribution in [0.1, 0.15) is 57.8 Å². The summed E-state index contributed by atoms with van der Waals surface area (Å²) in [6.07, 6.45) is 11.0. The van der Waals surface area contributed by atoms with Gasteiger partial charge in [-0.3, -0.25) is 4.79 Å². The molecule has 0 bridgehead atoms. The molecule has 0 saturated heterocycles. The van der Waals surface area contributed by atoms with E-state index in [-0.39, 0.29) is 11.9 Å². The van der Waals surface area contributed by atoms with Crippen LogP contribution in [0, 0.1) is 5.92 Å². The Morgan fingerprint density at radius 2 is 1.59 bits per heavy atom. The third kappa shape index (κ3) is 3.01. The molecule has 2 rings (SSSR count). The molecule has 0 heterocycles. The average Bonchev–Trinajstić information content (AvgIpc) is 2.91. The van der Waals surface area contributed by atoms with Crippen molar-refractivity contribution in [3.63, 3.8) is 0 Å². The molecule has 2 saturated carbocycles. The first-order valence-corrected chi connectivity index (χ1v) is 7.22. The lowest BCUT2D eigenvalue weighted by Gasteiger charge is -2.32. The van der Waals surface area contributed by atoms with Crippen LogP contribution in [0.2, 0.25) is 0 Å². The molecule has 0 aromatic carbocycles. The van der Waals surface area contributed by atoms with Crippen molar-refractivity contribution >= 4 is 5.91 Å². The fraction of sp³-hybridized carbons (Fsp3) is 0.929. The van der Waals surface area contributed by atoms with Crippen molar-refractivity contribution in [2.24, 2.45) is 11.7 Å². The van der Waals surface area contributed by atoms with Gasteiger partial charge in [0, 0.05) is 13.1 Å². The quantitative estimate of drug-likeness (QED) is 0.820. The molecule has 0 aromatic rings. The summed E-state index contributed by atoms with van der Waals surface area (Å²) in [5.74, 6) is 0.615. The largest absolute Gasteiger partial charge is 0.341 e. The number of carbonyl (C=O) groups excluding carboxylic acids is 1. The topological polar surface area (TPSA) is 46.3 Å². The molecule has 2 aliphatic carbocycles. The van der Waals surface area contributed by atoms with Gasteiger partial charge in [-0.15, -0.1) is 0 Å². The van der Waals surface area contributed by atoms with Crippen LogP contribution in [0.5, 0.6) is 0 Å². The van der Waals surface area contributed by atoms with Gasteiger partial charge in [-0.2, -0.15) is 0 Å². The molecule has 1 atom stereocenters. The number of hydrogen-bond acceptors (Lipinski definition) is 2. The Morgan fingerprint density at radius 3 is 2.18 bits per heavy atom. The van der Waals surface area contributed by atoms with E-state index in [2.05, 4.69) is 0 Å². The summed E-state index contributed by atoms with van der Waals surface area (Å²) in [6, 6.07) is 0.207. The first-order chi connectivity index (χ1) is 8.20. The zero-order valence-electron chi connectivity index (χ0n) is 11.0. The van der Waals surface area contributed by atoms with Crippen molar-refractivity contribution < 1.29 is 4.79 Å². The second kappa shape index (κ2) is 5.85. The number of nitrogens with two attached hydrogens (primary N) is 1. The first-order valence-electron chi connectivity index (χ1n) is 7.22. The monoisotopic (exact) mass is 238 g/mol. The van der Waals surface area contributed by atoms with Crippen molar-refractivity contribution in [1.29, 1.82) is 0 Å². The first kappa shape index (κ1) is 12.9. The van der Waals surface area contributed by atoms with Crippen LogP contribution in [-0.4, -0.2) is 29.9 Å². The minimum absolute atomic E-state index is 0.184. The Hall–Kier alpha value is -0.570. The summed E-state index contributed by atoms with van der Waals surface area (Å²) < 4.78 is 0. The Morgan fingerprint density at radius 1 is 1.06 bits per heavy atom. The van der Waals surface area contributed by atoms with Crippen LogP contribution in [0.25, 0.3) is 0 Å². The maximum absolute atomic E-state index is 12.3. The standard InChI is InChI=1S/C14H26N2O/c1-16(12-9-5-6-10-12)14(17)13(15)11-7-3-2-4-8-11/h11-13H,2-10,15H2,1H3/t13-/m0/s1. The smallest absolute Gasteiger partial charge is 0.239 e. The van der Waals surface area contributed by atoms with E-state index in [1.807, 2.05) is 11.9 Å². The summed E-state index contributed by atoms with van der Waals surface area (Å²) in [4.78, 5) is 14.3. The molecule has 0 aromatic heterocycles. The minimum atomic E-state index is -0.249. The third-order valence-corrected chi connectivity index (χ3v) is 4.66. The SMILES string of the molecule is CN(C(=O)[C@@H](N)C1CCCCC1)C1CCCC1. The van der Waals surface area contributed by atoms with Gasteiger partial charge in [0.2, 0.25) is 5.91 Å². The Labute approximate surface area is 105 Å².